The van der Waals surface area contributed by atoms with Crippen LogP contribution in [0.15, 0.2) is 18.2 Å². The van der Waals surface area contributed by atoms with Gasteiger partial charge >= 0.3 is 6.09 Å². The molecule has 0 unspecified atom stereocenters. The Labute approximate surface area is 128 Å². The minimum atomic E-state index is -0.482. The van der Waals surface area contributed by atoms with Gasteiger partial charge in [0, 0.05) is 50.4 Å². The third kappa shape index (κ3) is 3.85. The van der Waals surface area contributed by atoms with E-state index in [0.29, 0.717) is 31.7 Å². The van der Waals surface area contributed by atoms with Crippen LogP contribution in [0.3, 0.4) is 0 Å². The molecule has 1 aliphatic heterocycles. The number of ether oxygens (including phenoxy) is 1. The van der Waals surface area contributed by atoms with E-state index in [1.54, 1.807) is 4.90 Å². The number of benzene rings is 1. The van der Waals surface area contributed by atoms with Crippen LogP contribution in [0, 0.1) is 10.1 Å². The molecule has 22 heavy (non-hydrogen) atoms. The van der Waals surface area contributed by atoms with Gasteiger partial charge in [-0.25, -0.2) is 4.79 Å². The van der Waals surface area contributed by atoms with Crippen molar-refractivity contribution in [2.45, 2.75) is 13.0 Å². The molecule has 0 bridgehead atoms. The molecule has 0 radical (unpaired) electrons. The van der Waals surface area contributed by atoms with Crippen LogP contribution in [0.25, 0.3) is 0 Å². The first-order valence-electron chi connectivity index (χ1n) is 7.03. The van der Waals surface area contributed by atoms with Gasteiger partial charge in [-0.1, -0.05) is 0 Å². The normalized spacial score (nSPS) is 16.1. The van der Waals surface area contributed by atoms with Crippen molar-refractivity contribution in [3.63, 3.8) is 0 Å². The molecule has 8 heteroatoms. The van der Waals surface area contributed by atoms with Crippen molar-refractivity contribution < 1.29 is 19.6 Å². The molecule has 1 aliphatic rings. The van der Waals surface area contributed by atoms with Crippen molar-refractivity contribution in [2.24, 2.45) is 0 Å². The monoisotopic (exact) mass is 309 g/mol. The van der Waals surface area contributed by atoms with E-state index in [9.17, 15) is 20.0 Å². The maximum Gasteiger partial charge on any atom is 0.409 e. The Bertz CT molecular complexity index is 563. The number of aromatic hydroxyl groups is 1. The number of carbonyl (C=O) groups excluding carboxylic acids is 1. The standard InChI is InChI=1S/C14H19N3O5/c1-22-14(19)16-6-2-5-15(7-8-16)10-11-9-12(17(20)21)3-4-13(11)18/h3-4,9,18H,2,5-8,10H2,1H3. The highest BCUT2D eigenvalue weighted by Gasteiger charge is 2.20. The van der Waals surface area contributed by atoms with E-state index in [4.69, 9.17) is 4.74 Å². The van der Waals surface area contributed by atoms with E-state index in [2.05, 4.69) is 4.90 Å². The molecule has 1 aromatic carbocycles. The molecule has 1 fully saturated rings. The van der Waals surface area contributed by atoms with Gasteiger partial charge in [-0.05, 0) is 12.5 Å². The van der Waals surface area contributed by atoms with Gasteiger partial charge in [0.2, 0.25) is 0 Å². The van der Waals surface area contributed by atoms with Gasteiger partial charge in [-0.3, -0.25) is 15.0 Å². The lowest BCUT2D eigenvalue weighted by Gasteiger charge is -2.21. The van der Waals surface area contributed by atoms with Crippen LogP contribution in [0.4, 0.5) is 10.5 Å². The molecule has 0 saturated carbocycles. The summed E-state index contributed by atoms with van der Waals surface area (Å²) in [6.45, 7) is 2.92. The number of rotatable bonds is 3. The van der Waals surface area contributed by atoms with E-state index < -0.39 is 4.92 Å². The molecule has 0 spiro atoms. The first-order chi connectivity index (χ1) is 10.5. The zero-order valence-electron chi connectivity index (χ0n) is 12.4. The average molecular weight is 309 g/mol. The molecule has 0 aliphatic carbocycles. The lowest BCUT2D eigenvalue weighted by atomic mass is 10.1. The summed E-state index contributed by atoms with van der Waals surface area (Å²) < 4.78 is 4.71. The fourth-order valence-corrected chi connectivity index (χ4v) is 2.49. The highest BCUT2D eigenvalue weighted by atomic mass is 16.6. The molecule has 1 saturated heterocycles. The fraction of sp³-hybridized carbons (Fsp3) is 0.500. The van der Waals surface area contributed by atoms with Gasteiger partial charge in [0.1, 0.15) is 5.75 Å². The first kappa shape index (κ1) is 16.0. The molecule has 120 valence electrons. The predicted octanol–water partition coefficient (Wildman–Crippen LogP) is 1.57. The number of hydrogen-bond acceptors (Lipinski definition) is 6. The Morgan fingerprint density at radius 1 is 1.36 bits per heavy atom. The van der Waals surface area contributed by atoms with E-state index in [-0.39, 0.29) is 17.5 Å². The second-order valence-corrected chi connectivity index (χ2v) is 5.16. The average Bonchev–Trinajstić information content (AvgIpc) is 2.74. The number of amides is 1. The van der Waals surface area contributed by atoms with Gasteiger partial charge in [0.05, 0.1) is 12.0 Å². The summed E-state index contributed by atoms with van der Waals surface area (Å²) >= 11 is 0. The lowest BCUT2D eigenvalue weighted by Crippen LogP contribution is -2.34. The Morgan fingerprint density at radius 2 is 2.14 bits per heavy atom. The second-order valence-electron chi connectivity index (χ2n) is 5.16. The third-order valence-corrected chi connectivity index (χ3v) is 3.69. The number of nitrogens with zero attached hydrogens (tertiary/aromatic N) is 3. The molecule has 2 rings (SSSR count). The smallest absolute Gasteiger partial charge is 0.409 e. The summed E-state index contributed by atoms with van der Waals surface area (Å²) in [7, 11) is 1.35. The lowest BCUT2D eigenvalue weighted by molar-refractivity contribution is -0.385. The summed E-state index contributed by atoms with van der Waals surface area (Å²) in [4.78, 5) is 25.6. The Kier molecular flexibility index (Phi) is 5.16. The number of hydrogen-bond donors (Lipinski definition) is 1. The summed E-state index contributed by atoms with van der Waals surface area (Å²) in [6.07, 6.45) is 0.435. The largest absolute Gasteiger partial charge is 0.508 e. The van der Waals surface area contributed by atoms with Gasteiger partial charge in [0.15, 0.2) is 0 Å². The van der Waals surface area contributed by atoms with Crippen LogP contribution in [-0.4, -0.2) is 59.2 Å². The molecule has 1 N–H and O–H groups in total. The fourth-order valence-electron chi connectivity index (χ4n) is 2.49. The van der Waals surface area contributed by atoms with Crippen LogP contribution in [0.1, 0.15) is 12.0 Å². The molecule has 1 aromatic rings. The Morgan fingerprint density at radius 3 is 2.82 bits per heavy atom. The van der Waals surface area contributed by atoms with Crippen LogP contribution in [0.2, 0.25) is 0 Å². The van der Waals surface area contributed by atoms with Crippen LogP contribution in [-0.2, 0) is 11.3 Å². The molecule has 0 aromatic heterocycles. The topological polar surface area (TPSA) is 96.2 Å². The number of phenolic OH excluding ortho intramolecular Hbond substituents is 1. The van der Waals surface area contributed by atoms with Crippen molar-refractivity contribution in [2.75, 3.05) is 33.3 Å². The molecular weight excluding hydrogens is 290 g/mol. The second kappa shape index (κ2) is 7.08. The summed E-state index contributed by atoms with van der Waals surface area (Å²) in [5.41, 5.74) is 0.472. The summed E-state index contributed by atoms with van der Waals surface area (Å²) in [5, 5.41) is 20.7. The summed E-state index contributed by atoms with van der Waals surface area (Å²) in [6, 6.07) is 4.00. The number of nitro groups is 1. The quantitative estimate of drug-likeness (QED) is 0.672. The molecule has 8 nitrogen and oxygen atoms in total. The van der Waals surface area contributed by atoms with E-state index in [1.165, 1.54) is 25.3 Å². The zero-order chi connectivity index (χ0) is 16.1. The van der Waals surface area contributed by atoms with E-state index in [1.807, 2.05) is 0 Å². The van der Waals surface area contributed by atoms with Crippen molar-refractivity contribution in [1.29, 1.82) is 0 Å². The molecular formula is C14H19N3O5. The first-order valence-corrected chi connectivity index (χ1v) is 7.03. The molecule has 0 atom stereocenters. The van der Waals surface area contributed by atoms with Gasteiger partial charge in [0.25, 0.3) is 5.69 Å². The van der Waals surface area contributed by atoms with Crippen LogP contribution < -0.4 is 0 Å². The number of carbonyl (C=O) groups is 1. The highest BCUT2D eigenvalue weighted by Crippen LogP contribution is 2.24. The van der Waals surface area contributed by atoms with Crippen molar-refractivity contribution in [3.8, 4) is 5.75 Å². The van der Waals surface area contributed by atoms with Crippen LogP contribution in [0.5, 0.6) is 5.75 Å². The Balaban J connectivity index is 2.03. The Hall–Kier alpha value is -2.35. The summed E-state index contributed by atoms with van der Waals surface area (Å²) in [5.74, 6) is 0.0414. The van der Waals surface area contributed by atoms with Gasteiger partial charge in [-0.15, -0.1) is 0 Å². The number of nitro benzene ring substituents is 1. The van der Waals surface area contributed by atoms with E-state index in [0.717, 1.165) is 13.0 Å². The number of non-ortho nitro benzene ring substituents is 1. The predicted molar refractivity (Wildman–Crippen MR) is 78.6 cm³/mol. The molecule has 1 amide bonds. The van der Waals surface area contributed by atoms with Gasteiger partial charge < -0.3 is 14.7 Å². The molecule has 1 heterocycles. The van der Waals surface area contributed by atoms with Gasteiger partial charge in [-0.2, -0.15) is 0 Å². The third-order valence-electron chi connectivity index (χ3n) is 3.69. The number of phenols is 1. The van der Waals surface area contributed by atoms with Crippen LogP contribution >= 0.6 is 0 Å². The SMILES string of the molecule is COC(=O)N1CCCN(Cc2cc([N+](=O)[O-])ccc2O)CC1. The van der Waals surface area contributed by atoms with Crippen molar-refractivity contribution in [1.82, 2.24) is 9.80 Å². The minimum absolute atomic E-state index is 0.0414. The maximum absolute atomic E-state index is 11.5. The van der Waals surface area contributed by atoms with E-state index >= 15 is 0 Å². The number of methoxy groups -OCH3 is 1. The minimum Gasteiger partial charge on any atom is -0.508 e. The van der Waals surface area contributed by atoms with Crippen molar-refractivity contribution >= 4 is 11.8 Å². The maximum atomic E-state index is 11.5. The van der Waals surface area contributed by atoms with Crippen molar-refractivity contribution in [3.05, 3.63) is 33.9 Å². The highest BCUT2D eigenvalue weighted by molar-refractivity contribution is 5.67. The zero-order valence-corrected chi connectivity index (χ0v) is 12.4.